The van der Waals surface area contributed by atoms with E-state index in [2.05, 4.69) is 15.3 Å². The standard InChI is InChI=1S/C13H19N5O3/c1-17-9-14-8-10(17)12-11(13(20)21)15-16-18(12)6-4-2-3-5-7-19/h8-9,19H,2-7H2,1H3,(H,20,21). The van der Waals surface area contributed by atoms with Crippen molar-refractivity contribution in [3.05, 3.63) is 18.2 Å². The molecule has 2 aromatic rings. The Hall–Kier alpha value is -2.22. The third kappa shape index (κ3) is 3.46. The number of aromatic carboxylic acids is 1. The van der Waals surface area contributed by atoms with E-state index in [1.807, 2.05) is 0 Å². The van der Waals surface area contributed by atoms with Crippen molar-refractivity contribution < 1.29 is 15.0 Å². The van der Waals surface area contributed by atoms with E-state index >= 15 is 0 Å². The molecule has 0 saturated carbocycles. The second kappa shape index (κ2) is 6.98. The van der Waals surface area contributed by atoms with Crippen molar-refractivity contribution in [2.24, 2.45) is 7.05 Å². The van der Waals surface area contributed by atoms with Gasteiger partial charge in [-0.3, -0.25) is 0 Å². The number of imidazole rings is 1. The molecule has 0 bridgehead atoms. The maximum Gasteiger partial charge on any atom is 0.358 e. The molecule has 0 atom stereocenters. The SMILES string of the molecule is Cn1cncc1-c1c(C(=O)O)nnn1CCCCCCO. The van der Waals surface area contributed by atoms with E-state index < -0.39 is 5.97 Å². The third-order valence-electron chi connectivity index (χ3n) is 3.28. The van der Waals surface area contributed by atoms with E-state index in [1.165, 1.54) is 0 Å². The number of aliphatic hydroxyl groups excluding tert-OH is 1. The molecule has 0 fully saturated rings. The quantitative estimate of drug-likeness (QED) is 0.701. The van der Waals surface area contributed by atoms with E-state index in [-0.39, 0.29) is 12.3 Å². The minimum atomic E-state index is -1.10. The summed E-state index contributed by atoms with van der Waals surface area (Å²) >= 11 is 0. The molecule has 0 saturated heterocycles. The number of aryl methyl sites for hydroxylation is 2. The first-order valence-electron chi connectivity index (χ1n) is 6.89. The largest absolute Gasteiger partial charge is 0.476 e. The summed E-state index contributed by atoms with van der Waals surface area (Å²) in [5, 5.41) is 25.7. The van der Waals surface area contributed by atoms with Crippen molar-refractivity contribution in [2.45, 2.75) is 32.2 Å². The zero-order valence-corrected chi connectivity index (χ0v) is 11.9. The minimum Gasteiger partial charge on any atom is -0.476 e. The molecule has 0 unspecified atom stereocenters. The summed E-state index contributed by atoms with van der Waals surface area (Å²) in [5.74, 6) is -1.10. The monoisotopic (exact) mass is 293 g/mol. The van der Waals surface area contributed by atoms with Crippen molar-refractivity contribution in [3.8, 4) is 11.4 Å². The molecule has 2 aromatic heterocycles. The predicted molar refractivity (Wildman–Crippen MR) is 74.7 cm³/mol. The van der Waals surface area contributed by atoms with Gasteiger partial charge in [0.1, 0.15) is 5.69 Å². The summed E-state index contributed by atoms with van der Waals surface area (Å²) < 4.78 is 3.35. The van der Waals surface area contributed by atoms with Crippen molar-refractivity contribution >= 4 is 5.97 Å². The van der Waals surface area contributed by atoms with Gasteiger partial charge in [-0.1, -0.05) is 18.1 Å². The Labute approximate surface area is 122 Å². The van der Waals surface area contributed by atoms with Crippen LogP contribution < -0.4 is 0 Å². The third-order valence-corrected chi connectivity index (χ3v) is 3.28. The summed E-state index contributed by atoms with van der Waals surface area (Å²) in [7, 11) is 1.80. The zero-order valence-electron chi connectivity index (χ0n) is 11.9. The number of carbonyl (C=O) groups is 1. The first kappa shape index (κ1) is 15.2. The maximum atomic E-state index is 11.3. The second-order valence-electron chi connectivity index (χ2n) is 4.84. The van der Waals surface area contributed by atoms with Gasteiger partial charge >= 0.3 is 5.97 Å². The zero-order chi connectivity index (χ0) is 15.2. The summed E-state index contributed by atoms with van der Waals surface area (Å²) in [6, 6.07) is 0. The minimum absolute atomic E-state index is 0.0611. The van der Waals surface area contributed by atoms with Crippen LogP contribution >= 0.6 is 0 Å². The van der Waals surface area contributed by atoms with Crippen LogP contribution in [0.3, 0.4) is 0 Å². The molecule has 21 heavy (non-hydrogen) atoms. The van der Waals surface area contributed by atoms with E-state index in [1.54, 1.807) is 28.8 Å². The van der Waals surface area contributed by atoms with Gasteiger partial charge in [0.05, 0.1) is 18.2 Å². The van der Waals surface area contributed by atoms with E-state index in [0.717, 1.165) is 25.7 Å². The molecule has 0 aromatic carbocycles. The van der Waals surface area contributed by atoms with Crippen LogP contribution in [0.25, 0.3) is 11.4 Å². The van der Waals surface area contributed by atoms with Crippen LogP contribution in [0.15, 0.2) is 12.5 Å². The average Bonchev–Trinajstić information content (AvgIpc) is 3.04. The lowest BCUT2D eigenvalue weighted by Crippen LogP contribution is -2.07. The van der Waals surface area contributed by atoms with Gasteiger partial charge in [0, 0.05) is 20.2 Å². The summed E-state index contributed by atoms with van der Waals surface area (Å²) in [6.45, 7) is 0.791. The molecule has 8 heteroatoms. The molecular formula is C13H19N5O3. The van der Waals surface area contributed by atoms with Crippen LogP contribution in [0.2, 0.25) is 0 Å². The number of rotatable bonds is 8. The lowest BCUT2D eigenvalue weighted by molar-refractivity contribution is 0.0691. The predicted octanol–water partition coefficient (Wildman–Crippen LogP) is 0.929. The Morgan fingerprint density at radius 3 is 2.67 bits per heavy atom. The number of carboxylic acids is 1. The van der Waals surface area contributed by atoms with Crippen LogP contribution in [0.5, 0.6) is 0 Å². The normalized spacial score (nSPS) is 11.0. The second-order valence-corrected chi connectivity index (χ2v) is 4.84. The van der Waals surface area contributed by atoms with Gasteiger partial charge in [0.2, 0.25) is 0 Å². The molecule has 2 N–H and O–H groups in total. The summed E-state index contributed by atoms with van der Waals surface area (Å²) in [4.78, 5) is 15.3. The van der Waals surface area contributed by atoms with Gasteiger partial charge in [0.15, 0.2) is 5.69 Å². The number of unbranched alkanes of at least 4 members (excludes halogenated alkanes) is 3. The highest BCUT2D eigenvalue weighted by Crippen LogP contribution is 2.22. The number of aromatic nitrogens is 5. The number of hydrogen-bond donors (Lipinski definition) is 2. The Bertz CT molecular complexity index is 605. The summed E-state index contributed by atoms with van der Waals surface area (Å²) in [5.41, 5.74) is 1.09. The van der Waals surface area contributed by atoms with Gasteiger partial charge in [0.25, 0.3) is 0 Å². The van der Waals surface area contributed by atoms with Crippen LogP contribution in [-0.4, -0.2) is 47.3 Å². The Morgan fingerprint density at radius 2 is 2.05 bits per heavy atom. The smallest absolute Gasteiger partial charge is 0.358 e. The fraction of sp³-hybridized carbons (Fsp3) is 0.538. The lowest BCUT2D eigenvalue weighted by atomic mass is 10.2. The molecule has 0 aliphatic heterocycles. The Morgan fingerprint density at radius 1 is 1.29 bits per heavy atom. The van der Waals surface area contributed by atoms with E-state index in [0.29, 0.717) is 17.9 Å². The Balaban J connectivity index is 2.18. The van der Waals surface area contributed by atoms with Gasteiger partial charge in [-0.05, 0) is 12.8 Å². The average molecular weight is 293 g/mol. The van der Waals surface area contributed by atoms with Crippen LogP contribution in [0, 0.1) is 0 Å². The lowest BCUT2D eigenvalue weighted by Gasteiger charge is -2.07. The topological polar surface area (TPSA) is 106 Å². The highest BCUT2D eigenvalue weighted by molar-refractivity contribution is 5.92. The highest BCUT2D eigenvalue weighted by Gasteiger charge is 2.22. The molecule has 0 amide bonds. The first-order valence-corrected chi connectivity index (χ1v) is 6.89. The molecule has 2 heterocycles. The number of aliphatic hydroxyl groups is 1. The van der Waals surface area contributed by atoms with Crippen molar-refractivity contribution in [1.82, 2.24) is 24.5 Å². The summed E-state index contributed by atoms with van der Waals surface area (Å²) in [6.07, 6.45) is 6.75. The van der Waals surface area contributed by atoms with Crippen LogP contribution in [0.1, 0.15) is 36.2 Å². The van der Waals surface area contributed by atoms with Crippen molar-refractivity contribution in [1.29, 1.82) is 0 Å². The van der Waals surface area contributed by atoms with E-state index in [4.69, 9.17) is 5.11 Å². The molecule has 0 aliphatic carbocycles. The molecule has 0 aliphatic rings. The highest BCUT2D eigenvalue weighted by atomic mass is 16.4. The van der Waals surface area contributed by atoms with E-state index in [9.17, 15) is 9.90 Å². The maximum absolute atomic E-state index is 11.3. The molecule has 8 nitrogen and oxygen atoms in total. The van der Waals surface area contributed by atoms with Gasteiger partial charge < -0.3 is 14.8 Å². The number of carboxylic acid groups (broad SMARTS) is 1. The van der Waals surface area contributed by atoms with Crippen LogP contribution in [-0.2, 0) is 13.6 Å². The molecule has 2 rings (SSSR count). The molecule has 114 valence electrons. The number of hydrogen-bond acceptors (Lipinski definition) is 5. The van der Waals surface area contributed by atoms with Gasteiger partial charge in [-0.25, -0.2) is 14.5 Å². The van der Waals surface area contributed by atoms with Gasteiger partial charge in [-0.2, -0.15) is 0 Å². The van der Waals surface area contributed by atoms with Gasteiger partial charge in [-0.15, -0.1) is 5.10 Å². The molecule has 0 spiro atoms. The first-order chi connectivity index (χ1) is 10.1. The number of nitrogens with zero attached hydrogens (tertiary/aromatic N) is 5. The fourth-order valence-corrected chi connectivity index (χ4v) is 2.18. The van der Waals surface area contributed by atoms with Crippen molar-refractivity contribution in [3.63, 3.8) is 0 Å². The Kier molecular flexibility index (Phi) is 5.04. The molecular weight excluding hydrogens is 274 g/mol. The molecule has 0 radical (unpaired) electrons. The fourth-order valence-electron chi connectivity index (χ4n) is 2.18. The van der Waals surface area contributed by atoms with Crippen molar-refractivity contribution in [2.75, 3.05) is 6.61 Å². The van der Waals surface area contributed by atoms with Crippen LogP contribution in [0.4, 0.5) is 0 Å².